The lowest BCUT2D eigenvalue weighted by Gasteiger charge is -2.13. The molecule has 27 heavy (non-hydrogen) atoms. The third-order valence-electron chi connectivity index (χ3n) is 4.25. The van der Waals surface area contributed by atoms with E-state index in [4.69, 9.17) is 4.42 Å². The molecule has 0 radical (unpaired) electrons. The number of amides is 2. The number of nitrogens with one attached hydrogen (secondary N) is 2. The molecule has 0 saturated heterocycles. The summed E-state index contributed by atoms with van der Waals surface area (Å²) in [6.07, 6.45) is 2.23. The average Bonchev–Trinajstić information content (AvgIpc) is 3.07. The highest BCUT2D eigenvalue weighted by Gasteiger charge is 2.10. The Labute approximate surface area is 167 Å². The summed E-state index contributed by atoms with van der Waals surface area (Å²) in [7, 11) is 0. The van der Waals surface area contributed by atoms with Gasteiger partial charge in [0.15, 0.2) is 0 Å². The lowest BCUT2D eigenvalue weighted by atomic mass is 10.1. The molecule has 0 atom stereocenters. The molecule has 1 heterocycles. The molecule has 2 aromatic carbocycles. The number of halogens is 1. The smallest absolute Gasteiger partial charge is 0.319 e. The van der Waals surface area contributed by atoms with Gasteiger partial charge in [0.25, 0.3) is 0 Å². The number of nitrogens with zero attached hydrogens (tertiary/aromatic N) is 1. The molecule has 0 unspecified atom stereocenters. The zero-order valence-corrected chi connectivity index (χ0v) is 17.2. The first-order valence-corrected chi connectivity index (χ1v) is 9.54. The fourth-order valence-corrected chi connectivity index (χ4v) is 3.51. The molecule has 2 amide bonds. The Morgan fingerprint density at radius 2 is 1.78 bits per heavy atom. The van der Waals surface area contributed by atoms with Crippen molar-refractivity contribution < 1.29 is 9.21 Å². The molecule has 1 aromatic heterocycles. The summed E-state index contributed by atoms with van der Waals surface area (Å²) < 4.78 is 6.54. The normalized spacial score (nSPS) is 10.7. The number of carbonyl (C=O) groups is 1. The van der Waals surface area contributed by atoms with Crippen molar-refractivity contribution in [3.63, 3.8) is 0 Å². The molecule has 6 heteroatoms. The topological polar surface area (TPSA) is 67.2 Å². The molecule has 3 aromatic rings. The van der Waals surface area contributed by atoms with E-state index in [9.17, 15) is 4.79 Å². The Kier molecular flexibility index (Phi) is 5.96. The maximum absolute atomic E-state index is 12.2. The molecule has 0 aliphatic carbocycles. The van der Waals surface area contributed by atoms with Crippen LogP contribution >= 0.6 is 15.9 Å². The molecular formula is C21H22BrN3O2. The SMILES string of the molecule is Cc1ccc(-c2nc(CCNC(=O)Nc3c(C)cc(Br)cc3C)co2)cc1. The largest absolute Gasteiger partial charge is 0.444 e. The Morgan fingerprint density at radius 1 is 1.11 bits per heavy atom. The average molecular weight is 428 g/mol. The van der Waals surface area contributed by atoms with Crippen LogP contribution in [0.3, 0.4) is 0 Å². The van der Waals surface area contributed by atoms with E-state index in [1.807, 2.05) is 57.2 Å². The molecule has 0 fully saturated rings. The number of hydrogen-bond acceptors (Lipinski definition) is 3. The molecule has 0 spiro atoms. The Morgan fingerprint density at radius 3 is 2.44 bits per heavy atom. The van der Waals surface area contributed by atoms with E-state index in [0.29, 0.717) is 18.9 Å². The second-order valence-corrected chi connectivity index (χ2v) is 7.47. The first-order chi connectivity index (χ1) is 12.9. The number of urea groups is 1. The lowest BCUT2D eigenvalue weighted by Crippen LogP contribution is -2.31. The number of rotatable bonds is 5. The maximum Gasteiger partial charge on any atom is 0.319 e. The Hall–Kier alpha value is -2.60. The second-order valence-electron chi connectivity index (χ2n) is 6.56. The van der Waals surface area contributed by atoms with Gasteiger partial charge in [-0.2, -0.15) is 0 Å². The minimum atomic E-state index is -0.231. The van der Waals surface area contributed by atoms with Crippen molar-refractivity contribution in [1.29, 1.82) is 0 Å². The van der Waals surface area contributed by atoms with Gasteiger partial charge in [0.05, 0.1) is 5.69 Å². The van der Waals surface area contributed by atoms with E-state index in [-0.39, 0.29) is 6.03 Å². The number of oxazole rings is 1. The van der Waals surface area contributed by atoms with E-state index in [1.165, 1.54) is 5.56 Å². The summed E-state index contributed by atoms with van der Waals surface area (Å²) in [5, 5.41) is 5.78. The third-order valence-corrected chi connectivity index (χ3v) is 4.71. The van der Waals surface area contributed by atoms with Crippen LogP contribution in [0.4, 0.5) is 10.5 Å². The monoisotopic (exact) mass is 427 g/mol. The van der Waals surface area contributed by atoms with Crippen LogP contribution in [0.1, 0.15) is 22.4 Å². The summed E-state index contributed by atoms with van der Waals surface area (Å²) in [5.74, 6) is 0.593. The van der Waals surface area contributed by atoms with Crippen LogP contribution in [0.25, 0.3) is 11.5 Å². The summed E-state index contributed by atoms with van der Waals surface area (Å²) in [4.78, 5) is 16.7. The van der Waals surface area contributed by atoms with Crippen LogP contribution in [-0.4, -0.2) is 17.6 Å². The number of carbonyl (C=O) groups excluding carboxylic acids is 1. The van der Waals surface area contributed by atoms with Gasteiger partial charge in [-0.1, -0.05) is 33.6 Å². The summed E-state index contributed by atoms with van der Waals surface area (Å²) in [5.41, 5.74) is 5.80. The van der Waals surface area contributed by atoms with Crippen LogP contribution in [-0.2, 0) is 6.42 Å². The Balaban J connectivity index is 1.53. The van der Waals surface area contributed by atoms with Gasteiger partial charge in [-0.3, -0.25) is 0 Å². The van der Waals surface area contributed by atoms with E-state index >= 15 is 0 Å². The lowest BCUT2D eigenvalue weighted by molar-refractivity contribution is 0.252. The van der Waals surface area contributed by atoms with Crippen LogP contribution in [0.5, 0.6) is 0 Å². The van der Waals surface area contributed by atoms with Gasteiger partial charge in [-0.25, -0.2) is 9.78 Å². The van der Waals surface area contributed by atoms with Crippen LogP contribution in [0.2, 0.25) is 0 Å². The minimum absolute atomic E-state index is 0.231. The fraction of sp³-hybridized carbons (Fsp3) is 0.238. The van der Waals surface area contributed by atoms with Crippen LogP contribution in [0.15, 0.2) is 51.6 Å². The molecule has 0 aliphatic rings. The van der Waals surface area contributed by atoms with Crippen LogP contribution in [0, 0.1) is 20.8 Å². The number of aryl methyl sites for hydroxylation is 3. The summed E-state index contributed by atoms with van der Waals surface area (Å²) in [6, 6.07) is 11.7. The zero-order chi connectivity index (χ0) is 19.4. The van der Waals surface area contributed by atoms with Gasteiger partial charge in [-0.15, -0.1) is 0 Å². The number of hydrogen-bond donors (Lipinski definition) is 2. The van der Waals surface area contributed by atoms with Gasteiger partial charge in [0, 0.05) is 28.7 Å². The summed E-state index contributed by atoms with van der Waals surface area (Å²) in [6.45, 7) is 6.45. The molecule has 2 N–H and O–H groups in total. The van der Waals surface area contributed by atoms with Gasteiger partial charge in [0.1, 0.15) is 6.26 Å². The molecule has 0 aliphatic heterocycles. The van der Waals surface area contributed by atoms with E-state index < -0.39 is 0 Å². The van der Waals surface area contributed by atoms with Gasteiger partial charge in [0.2, 0.25) is 5.89 Å². The molecule has 3 rings (SSSR count). The number of benzene rings is 2. The predicted octanol–water partition coefficient (Wildman–Crippen LogP) is 5.39. The quantitative estimate of drug-likeness (QED) is 0.572. The highest BCUT2D eigenvalue weighted by molar-refractivity contribution is 9.10. The molecular weight excluding hydrogens is 406 g/mol. The number of aromatic nitrogens is 1. The molecule has 0 saturated carbocycles. The molecule has 5 nitrogen and oxygen atoms in total. The summed E-state index contributed by atoms with van der Waals surface area (Å²) >= 11 is 3.46. The first kappa shape index (κ1) is 19.2. The fourth-order valence-electron chi connectivity index (χ4n) is 2.82. The zero-order valence-electron chi connectivity index (χ0n) is 15.6. The maximum atomic E-state index is 12.2. The molecule has 0 bridgehead atoms. The van der Waals surface area contributed by atoms with E-state index in [1.54, 1.807) is 6.26 Å². The van der Waals surface area contributed by atoms with Gasteiger partial charge < -0.3 is 15.1 Å². The highest BCUT2D eigenvalue weighted by Crippen LogP contribution is 2.25. The first-order valence-electron chi connectivity index (χ1n) is 8.75. The minimum Gasteiger partial charge on any atom is -0.444 e. The second kappa shape index (κ2) is 8.39. The van der Waals surface area contributed by atoms with Crippen molar-refractivity contribution in [2.24, 2.45) is 0 Å². The van der Waals surface area contributed by atoms with Gasteiger partial charge in [-0.05, 0) is 56.2 Å². The van der Waals surface area contributed by atoms with Crippen molar-refractivity contribution in [3.05, 3.63) is 69.5 Å². The van der Waals surface area contributed by atoms with E-state index in [0.717, 1.165) is 32.5 Å². The molecule has 140 valence electrons. The van der Waals surface area contributed by atoms with Crippen molar-refractivity contribution >= 4 is 27.6 Å². The highest BCUT2D eigenvalue weighted by atomic mass is 79.9. The standard InChI is InChI=1S/C21H22BrN3O2/c1-13-4-6-16(7-5-13)20-24-18(12-27-20)8-9-23-21(26)25-19-14(2)10-17(22)11-15(19)3/h4-7,10-12H,8-9H2,1-3H3,(H2,23,25,26). The third kappa shape index (κ3) is 4.98. The van der Waals surface area contributed by atoms with Crippen LogP contribution < -0.4 is 10.6 Å². The van der Waals surface area contributed by atoms with Crippen molar-refractivity contribution in [2.45, 2.75) is 27.2 Å². The predicted molar refractivity (Wildman–Crippen MR) is 111 cm³/mol. The number of anilines is 1. The van der Waals surface area contributed by atoms with Gasteiger partial charge >= 0.3 is 6.03 Å². The van der Waals surface area contributed by atoms with Crippen molar-refractivity contribution in [1.82, 2.24) is 10.3 Å². The van der Waals surface area contributed by atoms with E-state index in [2.05, 4.69) is 31.5 Å². The Bertz CT molecular complexity index is 925. The van der Waals surface area contributed by atoms with Crippen molar-refractivity contribution in [2.75, 3.05) is 11.9 Å². The van der Waals surface area contributed by atoms with Crippen molar-refractivity contribution in [3.8, 4) is 11.5 Å².